The Bertz CT molecular complexity index is 842. The van der Waals surface area contributed by atoms with Gasteiger partial charge < -0.3 is 14.8 Å². The third-order valence-electron chi connectivity index (χ3n) is 5.12. The minimum absolute atomic E-state index is 0.119. The van der Waals surface area contributed by atoms with Crippen molar-refractivity contribution in [2.45, 2.75) is 32.1 Å². The molecule has 4 nitrogen and oxygen atoms in total. The van der Waals surface area contributed by atoms with Gasteiger partial charge >= 0.3 is 0 Å². The van der Waals surface area contributed by atoms with Crippen LogP contribution in [-0.4, -0.2) is 26.7 Å². The standard InChI is InChI=1S/C23H27NO3/c1-16(19-10-9-18-6-4-5-7-20(18)15-19)23(25)24-13-12-17-8-11-21(26-2)22(14-17)27-3/h8-11,14-15H,1,4-7,12-13H2,2-3H3,(H,24,25). The summed E-state index contributed by atoms with van der Waals surface area (Å²) in [6.07, 6.45) is 5.42. The normalized spacial score (nSPS) is 12.8. The highest BCUT2D eigenvalue weighted by Crippen LogP contribution is 2.28. The van der Waals surface area contributed by atoms with E-state index < -0.39 is 0 Å². The van der Waals surface area contributed by atoms with Crippen LogP contribution in [0.15, 0.2) is 43.0 Å². The van der Waals surface area contributed by atoms with E-state index in [4.69, 9.17) is 9.47 Å². The summed E-state index contributed by atoms with van der Waals surface area (Å²) >= 11 is 0. The Kier molecular flexibility index (Phi) is 6.17. The minimum Gasteiger partial charge on any atom is -0.493 e. The Morgan fingerprint density at radius 2 is 1.74 bits per heavy atom. The molecule has 3 rings (SSSR count). The number of fused-ring (bicyclic) bond motifs is 1. The van der Waals surface area contributed by atoms with Crippen molar-refractivity contribution in [3.05, 3.63) is 65.2 Å². The number of nitrogens with one attached hydrogen (secondary N) is 1. The van der Waals surface area contributed by atoms with Crippen molar-refractivity contribution in [1.29, 1.82) is 0 Å². The third kappa shape index (κ3) is 4.51. The van der Waals surface area contributed by atoms with Gasteiger partial charge in [0, 0.05) is 12.1 Å². The molecule has 0 saturated heterocycles. The molecule has 0 bridgehead atoms. The topological polar surface area (TPSA) is 47.6 Å². The molecule has 1 aliphatic rings. The third-order valence-corrected chi connectivity index (χ3v) is 5.12. The van der Waals surface area contributed by atoms with Crippen LogP contribution in [-0.2, 0) is 24.1 Å². The number of aryl methyl sites for hydroxylation is 2. The molecule has 1 amide bonds. The first kappa shape index (κ1) is 19.0. The lowest BCUT2D eigenvalue weighted by Crippen LogP contribution is -2.26. The van der Waals surface area contributed by atoms with Crippen molar-refractivity contribution in [3.8, 4) is 11.5 Å². The van der Waals surface area contributed by atoms with Crippen LogP contribution in [0.3, 0.4) is 0 Å². The maximum atomic E-state index is 12.5. The van der Waals surface area contributed by atoms with Crippen molar-refractivity contribution in [2.75, 3.05) is 20.8 Å². The molecule has 27 heavy (non-hydrogen) atoms. The van der Waals surface area contributed by atoms with Crippen LogP contribution in [0.25, 0.3) is 5.57 Å². The molecule has 0 heterocycles. The van der Waals surface area contributed by atoms with Crippen LogP contribution >= 0.6 is 0 Å². The van der Waals surface area contributed by atoms with Crippen molar-refractivity contribution >= 4 is 11.5 Å². The smallest absolute Gasteiger partial charge is 0.251 e. The van der Waals surface area contributed by atoms with Crippen LogP contribution in [0.5, 0.6) is 11.5 Å². The molecule has 0 radical (unpaired) electrons. The van der Waals surface area contributed by atoms with Crippen molar-refractivity contribution < 1.29 is 14.3 Å². The maximum Gasteiger partial charge on any atom is 0.251 e. The van der Waals surface area contributed by atoms with E-state index in [1.54, 1.807) is 14.2 Å². The van der Waals surface area contributed by atoms with Gasteiger partial charge in [0.25, 0.3) is 5.91 Å². The van der Waals surface area contributed by atoms with Gasteiger partial charge in [-0.05, 0) is 66.5 Å². The molecular formula is C23H27NO3. The lowest BCUT2D eigenvalue weighted by atomic mass is 9.89. The molecule has 0 atom stereocenters. The maximum absolute atomic E-state index is 12.5. The van der Waals surface area contributed by atoms with Crippen LogP contribution in [0, 0.1) is 0 Å². The largest absolute Gasteiger partial charge is 0.493 e. The summed E-state index contributed by atoms with van der Waals surface area (Å²) in [4.78, 5) is 12.5. The Morgan fingerprint density at radius 1 is 1.00 bits per heavy atom. The zero-order chi connectivity index (χ0) is 19.2. The van der Waals surface area contributed by atoms with E-state index in [1.807, 2.05) is 24.3 Å². The van der Waals surface area contributed by atoms with E-state index in [0.717, 1.165) is 24.0 Å². The number of benzene rings is 2. The van der Waals surface area contributed by atoms with Gasteiger partial charge in [0.2, 0.25) is 0 Å². The van der Waals surface area contributed by atoms with Gasteiger partial charge in [0.15, 0.2) is 11.5 Å². The summed E-state index contributed by atoms with van der Waals surface area (Å²) in [7, 11) is 3.23. The number of rotatable bonds is 7. The number of amides is 1. The predicted molar refractivity (Wildman–Crippen MR) is 108 cm³/mol. The van der Waals surface area contributed by atoms with Crippen LogP contribution in [0.1, 0.15) is 35.1 Å². The van der Waals surface area contributed by atoms with E-state index in [-0.39, 0.29) is 5.91 Å². The Balaban J connectivity index is 1.57. The fourth-order valence-electron chi connectivity index (χ4n) is 3.52. The second-order valence-electron chi connectivity index (χ2n) is 6.86. The van der Waals surface area contributed by atoms with Crippen molar-refractivity contribution in [3.63, 3.8) is 0 Å². The summed E-state index contributed by atoms with van der Waals surface area (Å²) in [6.45, 7) is 4.54. The number of carbonyl (C=O) groups excluding carboxylic acids is 1. The molecule has 142 valence electrons. The molecule has 0 aliphatic heterocycles. The molecule has 0 unspecified atom stereocenters. The highest BCUT2D eigenvalue weighted by atomic mass is 16.5. The number of methoxy groups -OCH3 is 2. The summed E-state index contributed by atoms with van der Waals surface area (Å²) < 4.78 is 10.6. The molecule has 0 spiro atoms. The first-order valence-corrected chi connectivity index (χ1v) is 9.42. The molecule has 0 saturated carbocycles. The van der Waals surface area contributed by atoms with Crippen molar-refractivity contribution in [1.82, 2.24) is 5.32 Å². The van der Waals surface area contributed by atoms with Gasteiger partial charge in [0.1, 0.15) is 0 Å². The van der Waals surface area contributed by atoms with E-state index in [2.05, 4.69) is 24.0 Å². The van der Waals surface area contributed by atoms with E-state index >= 15 is 0 Å². The average molecular weight is 365 g/mol. The van der Waals surface area contributed by atoms with Gasteiger partial charge in [-0.2, -0.15) is 0 Å². The molecule has 4 heteroatoms. The van der Waals surface area contributed by atoms with Gasteiger partial charge in [-0.25, -0.2) is 0 Å². The monoisotopic (exact) mass is 365 g/mol. The second kappa shape index (κ2) is 8.76. The summed E-state index contributed by atoms with van der Waals surface area (Å²) in [5.74, 6) is 1.28. The SMILES string of the molecule is C=C(C(=O)NCCc1ccc(OC)c(OC)c1)c1ccc2c(c1)CCCC2. The lowest BCUT2D eigenvalue weighted by molar-refractivity contribution is -0.115. The summed E-state index contributed by atoms with van der Waals surface area (Å²) in [5.41, 5.74) is 5.28. The van der Waals surface area contributed by atoms with Gasteiger partial charge in [-0.3, -0.25) is 4.79 Å². The zero-order valence-corrected chi connectivity index (χ0v) is 16.1. The number of ether oxygens (including phenoxy) is 2. The Morgan fingerprint density at radius 3 is 2.48 bits per heavy atom. The van der Waals surface area contributed by atoms with Crippen LogP contribution < -0.4 is 14.8 Å². The second-order valence-corrected chi connectivity index (χ2v) is 6.86. The average Bonchev–Trinajstić information content (AvgIpc) is 2.72. The molecule has 2 aromatic rings. The molecule has 2 aromatic carbocycles. The fourth-order valence-corrected chi connectivity index (χ4v) is 3.52. The number of hydrogen-bond acceptors (Lipinski definition) is 3. The first-order valence-electron chi connectivity index (χ1n) is 9.42. The van der Waals surface area contributed by atoms with Gasteiger partial charge in [-0.1, -0.05) is 30.8 Å². The summed E-state index contributed by atoms with van der Waals surface area (Å²) in [5, 5.41) is 2.96. The lowest BCUT2D eigenvalue weighted by Gasteiger charge is -2.17. The summed E-state index contributed by atoms with van der Waals surface area (Å²) in [6, 6.07) is 12.1. The van der Waals surface area contributed by atoms with Crippen LogP contribution in [0.4, 0.5) is 0 Å². The molecule has 0 fully saturated rings. The fraction of sp³-hybridized carbons (Fsp3) is 0.348. The molecule has 1 aliphatic carbocycles. The van der Waals surface area contributed by atoms with Crippen LogP contribution in [0.2, 0.25) is 0 Å². The highest BCUT2D eigenvalue weighted by molar-refractivity contribution is 6.18. The van der Waals surface area contributed by atoms with E-state index in [0.29, 0.717) is 30.0 Å². The van der Waals surface area contributed by atoms with Gasteiger partial charge in [-0.15, -0.1) is 0 Å². The van der Waals surface area contributed by atoms with E-state index in [9.17, 15) is 4.79 Å². The quantitative estimate of drug-likeness (QED) is 0.756. The predicted octanol–water partition coefficient (Wildman–Crippen LogP) is 3.95. The number of hydrogen-bond donors (Lipinski definition) is 1. The number of carbonyl (C=O) groups is 1. The Labute approximate surface area is 161 Å². The molecular weight excluding hydrogens is 338 g/mol. The minimum atomic E-state index is -0.119. The van der Waals surface area contributed by atoms with Gasteiger partial charge in [0.05, 0.1) is 14.2 Å². The highest BCUT2D eigenvalue weighted by Gasteiger charge is 2.14. The van der Waals surface area contributed by atoms with E-state index in [1.165, 1.54) is 24.0 Å². The Hall–Kier alpha value is -2.75. The molecule has 0 aromatic heterocycles. The van der Waals surface area contributed by atoms with Crippen molar-refractivity contribution in [2.24, 2.45) is 0 Å². The first-order chi connectivity index (χ1) is 13.1. The zero-order valence-electron chi connectivity index (χ0n) is 16.1. The molecule has 1 N–H and O–H groups in total.